The van der Waals surface area contributed by atoms with Crippen LogP contribution < -0.4 is 15.5 Å². The van der Waals surface area contributed by atoms with E-state index in [-0.39, 0.29) is 34.9 Å². The van der Waals surface area contributed by atoms with Crippen molar-refractivity contribution in [3.8, 4) is 0 Å². The molecule has 0 unspecified atom stereocenters. The van der Waals surface area contributed by atoms with Crippen LogP contribution in [0.1, 0.15) is 48.9 Å². The van der Waals surface area contributed by atoms with E-state index in [9.17, 15) is 22.8 Å². The smallest absolute Gasteiger partial charge is 0.416 e. The van der Waals surface area contributed by atoms with E-state index in [2.05, 4.69) is 30.7 Å². The number of carbonyl (C=O) groups is 2. The van der Waals surface area contributed by atoms with Crippen LogP contribution in [-0.4, -0.2) is 46.8 Å². The number of anilines is 4. The molecule has 0 radical (unpaired) electrons. The maximum absolute atomic E-state index is 12.9. The Balaban J connectivity index is 1.12. The van der Waals surface area contributed by atoms with E-state index in [1.807, 2.05) is 13.0 Å². The van der Waals surface area contributed by atoms with Gasteiger partial charge in [-0.25, -0.2) is 4.98 Å². The van der Waals surface area contributed by atoms with E-state index in [0.717, 1.165) is 56.7 Å². The molecule has 3 heterocycles. The number of hydrogen-bond donors (Lipinski definition) is 2. The zero-order valence-corrected chi connectivity index (χ0v) is 21.1. The highest BCUT2D eigenvalue weighted by Gasteiger charge is 2.49. The molecule has 1 aliphatic carbocycles. The van der Waals surface area contributed by atoms with Crippen molar-refractivity contribution in [2.24, 2.45) is 11.3 Å². The highest BCUT2D eigenvalue weighted by atomic mass is 19.4. The molecule has 1 aliphatic heterocycles. The molecule has 2 fully saturated rings. The van der Waals surface area contributed by atoms with Gasteiger partial charge < -0.3 is 24.7 Å². The van der Waals surface area contributed by atoms with Crippen LogP contribution in [0, 0.1) is 11.3 Å². The van der Waals surface area contributed by atoms with E-state index in [0.29, 0.717) is 12.3 Å². The standard InChI is InChI=1S/C26H27F3N6O4/c1-2-38-23(37)16-13-25(14-16)8-10-35(11-9-25)20-7-6-19(15-30-20)31-21(36)22-33-34-24(39-22)32-18-5-3-4-17(12-18)26(27,28)29/h3-7,12,15-16H,2,8-11,13-14H2,1H3,(H,31,36)(H,32,34). The van der Waals surface area contributed by atoms with Crippen molar-refractivity contribution >= 4 is 35.1 Å². The van der Waals surface area contributed by atoms with Crippen LogP contribution in [0.4, 0.5) is 36.4 Å². The fourth-order valence-corrected chi connectivity index (χ4v) is 5.12. The number of nitrogens with one attached hydrogen (secondary N) is 2. The molecule has 1 spiro atoms. The number of esters is 1. The molecular weight excluding hydrogens is 517 g/mol. The predicted octanol–water partition coefficient (Wildman–Crippen LogP) is 5.04. The topological polar surface area (TPSA) is 122 Å². The van der Waals surface area contributed by atoms with Crippen LogP contribution in [0.15, 0.2) is 47.0 Å². The second-order valence-corrected chi connectivity index (χ2v) is 9.82. The summed E-state index contributed by atoms with van der Waals surface area (Å²) in [5.41, 5.74) is -0.129. The number of hydrogen-bond acceptors (Lipinski definition) is 9. The molecule has 2 aromatic heterocycles. The first-order valence-electron chi connectivity index (χ1n) is 12.6. The highest BCUT2D eigenvalue weighted by Crippen LogP contribution is 2.53. The van der Waals surface area contributed by atoms with Crippen LogP contribution >= 0.6 is 0 Å². The van der Waals surface area contributed by atoms with E-state index < -0.39 is 17.6 Å². The molecule has 3 aromatic rings. The van der Waals surface area contributed by atoms with Gasteiger partial charge in [0.2, 0.25) is 0 Å². The van der Waals surface area contributed by atoms with Gasteiger partial charge in [0, 0.05) is 18.8 Å². The molecule has 1 amide bonds. The maximum Gasteiger partial charge on any atom is 0.416 e. The Hall–Kier alpha value is -4.16. The van der Waals surface area contributed by atoms with Gasteiger partial charge in [-0.2, -0.15) is 13.2 Å². The zero-order valence-electron chi connectivity index (χ0n) is 21.1. The number of alkyl halides is 3. The molecule has 1 aromatic carbocycles. The van der Waals surface area contributed by atoms with Crippen molar-refractivity contribution in [1.29, 1.82) is 0 Å². The van der Waals surface area contributed by atoms with Crippen molar-refractivity contribution in [2.45, 2.75) is 38.8 Å². The summed E-state index contributed by atoms with van der Waals surface area (Å²) in [5.74, 6) is -0.335. The SMILES string of the molecule is CCOC(=O)C1CC2(CCN(c3ccc(NC(=O)c4nnc(Nc5cccc(C(F)(F)F)c5)o4)cn3)CC2)C1. The van der Waals surface area contributed by atoms with Gasteiger partial charge in [0.25, 0.3) is 0 Å². The second-order valence-electron chi connectivity index (χ2n) is 9.82. The highest BCUT2D eigenvalue weighted by molar-refractivity contribution is 6.00. The summed E-state index contributed by atoms with van der Waals surface area (Å²) >= 11 is 0. The Labute approximate surface area is 221 Å². The number of aromatic nitrogens is 3. The van der Waals surface area contributed by atoms with Gasteiger partial charge in [0.15, 0.2) is 0 Å². The molecule has 206 valence electrons. The number of carbonyl (C=O) groups excluding carboxylic acids is 2. The summed E-state index contributed by atoms with van der Waals surface area (Å²) in [7, 11) is 0. The average molecular weight is 545 g/mol. The van der Waals surface area contributed by atoms with E-state index in [1.54, 1.807) is 6.07 Å². The third-order valence-corrected chi connectivity index (χ3v) is 7.19. The molecule has 1 saturated heterocycles. The number of rotatable bonds is 7. The van der Waals surface area contributed by atoms with Crippen molar-refractivity contribution in [2.75, 3.05) is 35.2 Å². The van der Waals surface area contributed by atoms with E-state index >= 15 is 0 Å². The summed E-state index contributed by atoms with van der Waals surface area (Å²) in [6.07, 6.45) is 0.753. The monoisotopic (exact) mass is 544 g/mol. The largest absolute Gasteiger partial charge is 0.466 e. The summed E-state index contributed by atoms with van der Waals surface area (Å²) in [6, 6.07) is 7.77. The molecule has 0 bridgehead atoms. The number of piperidine rings is 1. The third-order valence-electron chi connectivity index (χ3n) is 7.19. The van der Waals surface area contributed by atoms with Crippen LogP contribution in [-0.2, 0) is 15.7 Å². The number of nitrogens with zero attached hydrogens (tertiary/aromatic N) is 4. The first kappa shape index (κ1) is 26.4. The lowest BCUT2D eigenvalue weighted by atomic mass is 9.57. The van der Waals surface area contributed by atoms with Gasteiger partial charge in [-0.15, -0.1) is 5.10 Å². The van der Waals surface area contributed by atoms with Crippen LogP contribution in [0.3, 0.4) is 0 Å². The van der Waals surface area contributed by atoms with Crippen LogP contribution in [0.2, 0.25) is 0 Å². The Morgan fingerprint density at radius 3 is 2.56 bits per heavy atom. The Kier molecular flexibility index (Phi) is 7.15. The minimum absolute atomic E-state index is 0.0174. The summed E-state index contributed by atoms with van der Waals surface area (Å²) in [5, 5.41) is 12.5. The Morgan fingerprint density at radius 1 is 1.13 bits per heavy atom. The van der Waals surface area contributed by atoms with Crippen LogP contribution in [0.5, 0.6) is 0 Å². The van der Waals surface area contributed by atoms with Crippen molar-refractivity contribution in [1.82, 2.24) is 15.2 Å². The van der Waals surface area contributed by atoms with Gasteiger partial charge in [0.05, 0.1) is 30.0 Å². The lowest BCUT2D eigenvalue weighted by molar-refractivity contribution is -0.157. The molecule has 0 atom stereocenters. The zero-order chi connectivity index (χ0) is 27.6. The molecule has 13 heteroatoms. The van der Waals surface area contributed by atoms with Gasteiger partial charge in [-0.3, -0.25) is 9.59 Å². The summed E-state index contributed by atoms with van der Waals surface area (Å²) in [4.78, 5) is 31.1. The fraction of sp³-hybridized carbons (Fsp3) is 0.423. The average Bonchev–Trinajstić information content (AvgIpc) is 3.36. The lowest BCUT2D eigenvalue weighted by Gasteiger charge is -2.51. The Morgan fingerprint density at radius 2 is 1.90 bits per heavy atom. The maximum atomic E-state index is 12.9. The minimum Gasteiger partial charge on any atom is -0.466 e. The van der Waals surface area contributed by atoms with Gasteiger partial charge >= 0.3 is 30.0 Å². The van der Waals surface area contributed by atoms with Crippen molar-refractivity contribution in [3.05, 3.63) is 54.0 Å². The first-order chi connectivity index (χ1) is 18.6. The lowest BCUT2D eigenvalue weighted by Crippen LogP contribution is -2.49. The number of ether oxygens (including phenoxy) is 1. The third kappa shape index (κ3) is 5.96. The molecule has 1 saturated carbocycles. The number of benzene rings is 1. The molecule has 5 rings (SSSR count). The van der Waals surface area contributed by atoms with Gasteiger partial charge in [0.1, 0.15) is 5.82 Å². The van der Waals surface area contributed by atoms with Gasteiger partial charge in [-0.1, -0.05) is 11.2 Å². The molecule has 2 aliphatic rings. The van der Waals surface area contributed by atoms with Gasteiger partial charge in [-0.05, 0) is 68.4 Å². The molecule has 39 heavy (non-hydrogen) atoms. The second kappa shape index (κ2) is 10.5. The van der Waals surface area contributed by atoms with Crippen molar-refractivity contribution in [3.63, 3.8) is 0 Å². The predicted molar refractivity (Wildman–Crippen MR) is 134 cm³/mol. The molecule has 10 nitrogen and oxygen atoms in total. The minimum atomic E-state index is -4.50. The molecule has 2 N–H and O–H groups in total. The number of amides is 1. The summed E-state index contributed by atoms with van der Waals surface area (Å²) < 4.78 is 49.1. The summed E-state index contributed by atoms with van der Waals surface area (Å²) in [6.45, 7) is 3.89. The van der Waals surface area contributed by atoms with E-state index in [1.165, 1.54) is 18.3 Å². The number of pyridine rings is 1. The quantitative estimate of drug-likeness (QED) is 0.394. The van der Waals surface area contributed by atoms with Crippen molar-refractivity contribution < 1.29 is 31.9 Å². The normalized spacial score (nSPS) is 17.0. The number of halogens is 3. The first-order valence-corrected chi connectivity index (χ1v) is 12.6. The molecular formula is C26H27F3N6O4. The fourth-order valence-electron chi connectivity index (χ4n) is 5.12. The Bertz CT molecular complexity index is 1330. The van der Waals surface area contributed by atoms with Crippen LogP contribution in [0.25, 0.3) is 0 Å². The van der Waals surface area contributed by atoms with E-state index in [4.69, 9.17) is 9.15 Å².